The number of H-pyrrole nitrogens is 3. The van der Waals surface area contributed by atoms with Gasteiger partial charge in [0.1, 0.15) is 11.3 Å². The summed E-state index contributed by atoms with van der Waals surface area (Å²) in [4.78, 5) is 33.9. The fraction of sp³-hybridized carbons (Fsp3) is 0.444. The first-order chi connectivity index (χ1) is 8.44. The SMILES string of the molecule is O=c1[nH]c(=O)c2[nH]c(C3CCS(=O)(=O)C3)nc2[nH]1. The molecular weight excluding hydrogens is 260 g/mol. The van der Waals surface area contributed by atoms with E-state index < -0.39 is 21.1 Å². The molecule has 1 aliphatic rings. The van der Waals surface area contributed by atoms with Crippen LogP contribution in [0.5, 0.6) is 0 Å². The summed E-state index contributed by atoms with van der Waals surface area (Å²) in [6.07, 6.45) is 0.476. The first-order valence-electron chi connectivity index (χ1n) is 5.37. The Morgan fingerprint density at radius 3 is 2.61 bits per heavy atom. The topological polar surface area (TPSA) is 129 Å². The first-order valence-corrected chi connectivity index (χ1v) is 7.19. The number of sulfone groups is 1. The van der Waals surface area contributed by atoms with Gasteiger partial charge in [0, 0.05) is 5.92 Å². The van der Waals surface area contributed by atoms with Gasteiger partial charge < -0.3 is 4.98 Å². The highest BCUT2D eigenvalue weighted by molar-refractivity contribution is 7.91. The van der Waals surface area contributed by atoms with E-state index in [1.807, 2.05) is 0 Å². The molecule has 0 radical (unpaired) electrons. The largest absolute Gasteiger partial charge is 0.336 e. The molecule has 1 atom stereocenters. The number of nitrogens with one attached hydrogen (secondary N) is 3. The molecule has 1 saturated heterocycles. The van der Waals surface area contributed by atoms with Gasteiger partial charge in [-0.25, -0.2) is 18.2 Å². The third kappa shape index (κ3) is 1.76. The van der Waals surface area contributed by atoms with E-state index in [0.717, 1.165) is 0 Å². The molecule has 1 aliphatic heterocycles. The van der Waals surface area contributed by atoms with E-state index in [1.54, 1.807) is 0 Å². The van der Waals surface area contributed by atoms with Crippen molar-refractivity contribution in [2.45, 2.75) is 12.3 Å². The van der Waals surface area contributed by atoms with Crippen LogP contribution in [0.25, 0.3) is 11.2 Å². The molecule has 0 bridgehead atoms. The molecule has 1 fully saturated rings. The Bertz CT molecular complexity index is 828. The van der Waals surface area contributed by atoms with Crippen molar-refractivity contribution in [3.63, 3.8) is 0 Å². The molecule has 96 valence electrons. The van der Waals surface area contributed by atoms with Gasteiger partial charge in [-0.3, -0.25) is 14.8 Å². The summed E-state index contributed by atoms with van der Waals surface area (Å²) in [7, 11) is -3.02. The van der Waals surface area contributed by atoms with Gasteiger partial charge >= 0.3 is 5.69 Å². The number of imidazole rings is 1. The van der Waals surface area contributed by atoms with Crippen LogP contribution in [0.2, 0.25) is 0 Å². The van der Waals surface area contributed by atoms with Crippen LogP contribution >= 0.6 is 0 Å². The van der Waals surface area contributed by atoms with Crippen LogP contribution in [0.15, 0.2) is 9.59 Å². The van der Waals surface area contributed by atoms with Gasteiger partial charge in [0.15, 0.2) is 15.5 Å². The molecule has 2 aromatic heterocycles. The number of hydrogen-bond donors (Lipinski definition) is 3. The third-order valence-electron chi connectivity index (χ3n) is 3.03. The van der Waals surface area contributed by atoms with E-state index in [4.69, 9.17) is 0 Å². The zero-order chi connectivity index (χ0) is 12.9. The maximum Gasteiger partial charge on any atom is 0.327 e. The van der Waals surface area contributed by atoms with Crippen molar-refractivity contribution in [1.82, 2.24) is 19.9 Å². The Labute approximate surface area is 100 Å². The average molecular weight is 270 g/mol. The molecule has 0 aliphatic carbocycles. The third-order valence-corrected chi connectivity index (χ3v) is 4.80. The van der Waals surface area contributed by atoms with Gasteiger partial charge in [-0.2, -0.15) is 0 Å². The van der Waals surface area contributed by atoms with Crippen molar-refractivity contribution in [2.75, 3.05) is 11.5 Å². The minimum Gasteiger partial charge on any atom is -0.336 e. The second-order valence-corrected chi connectivity index (χ2v) is 6.58. The monoisotopic (exact) mass is 270 g/mol. The van der Waals surface area contributed by atoms with Crippen molar-refractivity contribution in [3.8, 4) is 0 Å². The molecule has 3 heterocycles. The second-order valence-electron chi connectivity index (χ2n) is 4.35. The lowest BCUT2D eigenvalue weighted by Crippen LogP contribution is -2.21. The highest BCUT2D eigenvalue weighted by Crippen LogP contribution is 2.27. The van der Waals surface area contributed by atoms with Crippen LogP contribution < -0.4 is 11.2 Å². The predicted octanol–water partition coefficient (Wildman–Crippen LogP) is -1.16. The van der Waals surface area contributed by atoms with Gasteiger partial charge in [0.05, 0.1) is 11.5 Å². The van der Waals surface area contributed by atoms with Gasteiger partial charge in [0.2, 0.25) is 0 Å². The standard InChI is InChI=1S/C9H10N4O4S/c14-8-5-7(12-9(15)13-8)11-6(10-5)4-1-2-18(16,17)3-4/h4H,1-3H2,(H3,10,11,12,13,14,15). The molecule has 0 spiro atoms. The Kier molecular flexibility index (Phi) is 2.21. The van der Waals surface area contributed by atoms with E-state index >= 15 is 0 Å². The number of hydrogen-bond acceptors (Lipinski definition) is 5. The van der Waals surface area contributed by atoms with E-state index in [-0.39, 0.29) is 28.6 Å². The molecule has 1 unspecified atom stereocenters. The lowest BCUT2D eigenvalue weighted by molar-refractivity contribution is 0.601. The van der Waals surface area contributed by atoms with Crippen LogP contribution in [0.4, 0.5) is 0 Å². The number of nitrogens with zero attached hydrogens (tertiary/aromatic N) is 1. The number of aromatic nitrogens is 4. The van der Waals surface area contributed by atoms with Crippen molar-refractivity contribution in [3.05, 3.63) is 26.7 Å². The maximum absolute atomic E-state index is 11.5. The Morgan fingerprint density at radius 1 is 1.17 bits per heavy atom. The fourth-order valence-corrected chi connectivity index (χ4v) is 3.90. The van der Waals surface area contributed by atoms with Gasteiger partial charge in [-0.15, -0.1) is 0 Å². The molecule has 0 aromatic carbocycles. The molecular formula is C9H10N4O4S. The van der Waals surface area contributed by atoms with E-state index in [1.165, 1.54) is 0 Å². The Balaban J connectivity index is 2.13. The summed E-state index contributed by atoms with van der Waals surface area (Å²) in [5.74, 6) is 0.333. The van der Waals surface area contributed by atoms with E-state index in [9.17, 15) is 18.0 Å². The maximum atomic E-state index is 11.5. The minimum atomic E-state index is -3.02. The van der Waals surface area contributed by atoms with Crippen molar-refractivity contribution in [1.29, 1.82) is 0 Å². The van der Waals surface area contributed by atoms with Gasteiger partial charge in [-0.05, 0) is 6.42 Å². The van der Waals surface area contributed by atoms with E-state index in [0.29, 0.717) is 12.2 Å². The van der Waals surface area contributed by atoms with Crippen molar-refractivity contribution < 1.29 is 8.42 Å². The number of aromatic amines is 3. The molecule has 2 aromatic rings. The Morgan fingerprint density at radius 2 is 1.94 bits per heavy atom. The molecule has 0 saturated carbocycles. The summed E-state index contributed by atoms with van der Waals surface area (Å²) in [6, 6.07) is 0. The van der Waals surface area contributed by atoms with E-state index in [2.05, 4.69) is 19.9 Å². The average Bonchev–Trinajstić information content (AvgIpc) is 2.81. The van der Waals surface area contributed by atoms with Gasteiger partial charge in [-0.1, -0.05) is 0 Å². The van der Waals surface area contributed by atoms with Gasteiger partial charge in [0.25, 0.3) is 5.56 Å². The zero-order valence-corrected chi connectivity index (χ0v) is 10.0. The molecule has 18 heavy (non-hydrogen) atoms. The molecule has 0 amide bonds. The molecule has 3 N–H and O–H groups in total. The summed E-state index contributed by atoms with van der Waals surface area (Å²) < 4.78 is 22.8. The summed E-state index contributed by atoms with van der Waals surface area (Å²) in [6.45, 7) is 0. The first kappa shape index (κ1) is 11.2. The minimum absolute atomic E-state index is 0.0228. The van der Waals surface area contributed by atoms with Crippen LogP contribution in [0.1, 0.15) is 18.2 Å². The molecule has 9 heteroatoms. The summed E-state index contributed by atoms with van der Waals surface area (Å²) in [5, 5.41) is 0. The molecule has 8 nitrogen and oxygen atoms in total. The number of fused-ring (bicyclic) bond motifs is 1. The lowest BCUT2D eigenvalue weighted by Gasteiger charge is -2.00. The normalized spacial score (nSPS) is 22.6. The van der Waals surface area contributed by atoms with Crippen LogP contribution in [-0.2, 0) is 9.84 Å². The fourth-order valence-electron chi connectivity index (χ4n) is 2.15. The van der Waals surface area contributed by atoms with Crippen molar-refractivity contribution >= 4 is 21.0 Å². The molecule has 3 rings (SSSR count). The highest BCUT2D eigenvalue weighted by Gasteiger charge is 2.31. The van der Waals surface area contributed by atoms with Crippen LogP contribution in [-0.4, -0.2) is 39.9 Å². The summed E-state index contributed by atoms with van der Waals surface area (Å²) in [5.41, 5.74) is -0.880. The van der Waals surface area contributed by atoms with Crippen LogP contribution in [0.3, 0.4) is 0 Å². The Hall–Kier alpha value is -1.90. The van der Waals surface area contributed by atoms with Crippen molar-refractivity contribution in [2.24, 2.45) is 0 Å². The smallest absolute Gasteiger partial charge is 0.327 e. The number of rotatable bonds is 1. The quantitative estimate of drug-likeness (QED) is 0.602. The summed E-state index contributed by atoms with van der Waals surface area (Å²) >= 11 is 0. The zero-order valence-electron chi connectivity index (χ0n) is 9.19. The second kappa shape index (κ2) is 3.55. The predicted molar refractivity (Wildman–Crippen MR) is 63.3 cm³/mol. The van der Waals surface area contributed by atoms with Crippen LogP contribution in [0, 0.1) is 0 Å². The highest BCUT2D eigenvalue weighted by atomic mass is 32.2. The lowest BCUT2D eigenvalue weighted by atomic mass is 10.1.